The summed E-state index contributed by atoms with van der Waals surface area (Å²) in [4.78, 5) is 14.2. The van der Waals surface area contributed by atoms with Gasteiger partial charge in [-0.05, 0) is 37.1 Å². The van der Waals surface area contributed by atoms with Crippen LogP contribution in [0.5, 0.6) is 0 Å². The lowest BCUT2D eigenvalue weighted by molar-refractivity contribution is 0.0885. The van der Waals surface area contributed by atoms with E-state index in [4.69, 9.17) is 4.74 Å². The highest BCUT2D eigenvalue weighted by molar-refractivity contribution is 5.97. The van der Waals surface area contributed by atoms with Gasteiger partial charge in [0.25, 0.3) is 0 Å². The van der Waals surface area contributed by atoms with Crippen molar-refractivity contribution >= 4 is 5.78 Å². The van der Waals surface area contributed by atoms with Gasteiger partial charge in [-0.3, -0.25) is 9.69 Å². The van der Waals surface area contributed by atoms with Crippen LogP contribution in [0.4, 0.5) is 4.39 Å². The molecule has 3 nitrogen and oxygen atoms in total. The van der Waals surface area contributed by atoms with Gasteiger partial charge in [0.05, 0.1) is 13.2 Å². The average Bonchev–Trinajstić information content (AvgIpc) is 3.19. The fourth-order valence-corrected chi connectivity index (χ4v) is 1.95. The number of Topliss-reactive ketones (excluding diaryl/α,β-unsaturated/α-hetero) is 1. The van der Waals surface area contributed by atoms with Crippen LogP contribution in [-0.4, -0.2) is 43.5 Å². The van der Waals surface area contributed by atoms with Gasteiger partial charge in [0.2, 0.25) is 0 Å². The van der Waals surface area contributed by atoms with Gasteiger partial charge in [-0.15, -0.1) is 0 Å². The number of hydrogen-bond acceptors (Lipinski definition) is 3. The first kappa shape index (κ1) is 13.2. The summed E-state index contributed by atoms with van der Waals surface area (Å²) < 4.78 is 17.8. The topological polar surface area (TPSA) is 29.5 Å². The minimum absolute atomic E-state index is 0.0398. The fourth-order valence-electron chi connectivity index (χ4n) is 1.95. The van der Waals surface area contributed by atoms with E-state index in [0.29, 0.717) is 24.8 Å². The molecule has 1 aromatic rings. The largest absolute Gasteiger partial charge is 0.383 e. The van der Waals surface area contributed by atoms with Crippen LogP contribution < -0.4 is 0 Å². The second-order valence-corrected chi connectivity index (χ2v) is 4.62. The first-order valence-corrected chi connectivity index (χ1v) is 6.22. The van der Waals surface area contributed by atoms with E-state index in [2.05, 4.69) is 4.90 Å². The predicted octanol–water partition coefficient (Wildman–Crippen LogP) is 2.12. The maximum atomic E-state index is 12.8. The van der Waals surface area contributed by atoms with Gasteiger partial charge in [-0.2, -0.15) is 0 Å². The predicted molar refractivity (Wildman–Crippen MR) is 67.2 cm³/mol. The molecule has 0 aliphatic heterocycles. The Morgan fingerprint density at radius 1 is 1.39 bits per heavy atom. The van der Waals surface area contributed by atoms with E-state index >= 15 is 0 Å². The molecule has 1 aliphatic rings. The van der Waals surface area contributed by atoms with Crippen molar-refractivity contribution in [1.82, 2.24) is 4.90 Å². The first-order chi connectivity index (χ1) is 8.70. The number of carbonyl (C=O) groups excluding carboxylic acids is 1. The van der Waals surface area contributed by atoms with E-state index in [1.807, 2.05) is 0 Å². The molecule has 4 heteroatoms. The molecule has 0 unspecified atom stereocenters. The minimum atomic E-state index is -0.315. The van der Waals surface area contributed by atoms with Gasteiger partial charge in [0.15, 0.2) is 5.78 Å². The highest BCUT2D eigenvalue weighted by atomic mass is 19.1. The number of rotatable bonds is 7. The molecule has 0 spiro atoms. The summed E-state index contributed by atoms with van der Waals surface area (Å²) in [7, 11) is 1.66. The monoisotopic (exact) mass is 251 g/mol. The van der Waals surface area contributed by atoms with Crippen LogP contribution in [0.25, 0.3) is 0 Å². The molecule has 0 amide bonds. The SMILES string of the molecule is COCCN(CC(=O)c1ccc(F)cc1)C1CC1. The normalized spacial score (nSPS) is 15.1. The van der Waals surface area contributed by atoms with E-state index in [-0.39, 0.29) is 11.6 Å². The van der Waals surface area contributed by atoms with Crippen LogP contribution in [0.1, 0.15) is 23.2 Å². The Labute approximate surface area is 107 Å². The third kappa shape index (κ3) is 3.62. The molecule has 0 atom stereocenters. The maximum Gasteiger partial charge on any atom is 0.176 e. The Kier molecular flexibility index (Phi) is 4.44. The zero-order valence-corrected chi connectivity index (χ0v) is 10.6. The molecule has 0 aromatic heterocycles. The molecular formula is C14H18FNO2. The van der Waals surface area contributed by atoms with Gasteiger partial charge in [-0.1, -0.05) is 0 Å². The minimum Gasteiger partial charge on any atom is -0.383 e. The van der Waals surface area contributed by atoms with Crippen LogP contribution in [-0.2, 0) is 4.74 Å². The van der Waals surface area contributed by atoms with Crippen molar-refractivity contribution in [3.05, 3.63) is 35.6 Å². The molecule has 0 N–H and O–H groups in total. The van der Waals surface area contributed by atoms with E-state index in [0.717, 1.165) is 19.4 Å². The summed E-state index contributed by atoms with van der Waals surface area (Å²) in [6.07, 6.45) is 2.31. The Hall–Kier alpha value is -1.26. The van der Waals surface area contributed by atoms with E-state index in [1.54, 1.807) is 19.2 Å². The average molecular weight is 251 g/mol. The second kappa shape index (κ2) is 6.07. The first-order valence-electron chi connectivity index (χ1n) is 6.22. The van der Waals surface area contributed by atoms with Gasteiger partial charge >= 0.3 is 0 Å². The zero-order chi connectivity index (χ0) is 13.0. The number of ketones is 1. The van der Waals surface area contributed by atoms with Crippen molar-refractivity contribution in [2.45, 2.75) is 18.9 Å². The summed E-state index contributed by atoms with van der Waals surface area (Å²) in [6, 6.07) is 6.25. The molecule has 18 heavy (non-hydrogen) atoms. The number of ether oxygens (including phenoxy) is 1. The molecule has 1 aromatic carbocycles. The molecule has 0 radical (unpaired) electrons. The lowest BCUT2D eigenvalue weighted by Crippen LogP contribution is -2.34. The lowest BCUT2D eigenvalue weighted by atomic mass is 10.1. The number of benzene rings is 1. The standard InChI is InChI=1S/C14H18FNO2/c1-18-9-8-16(13-6-7-13)10-14(17)11-2-4-12(15)5-3-11/h2-5,13H,6-10H2,1H3. The van der Waals surface area contributed by atoms with Crippen LogP contribution >= 0.6 is 0 Å². The fraction of sp³-hybridized carbons (Fsp3) is 0.500. The van der Waals surface area contributed by atoms with E-state index in [9.17, 15) is 9.18 Å². The van der Waals surface area contributed by atoms with Gasteiger partial charge in [0, 0.05) is 25.3 Å². The lowest BCUT2D eigenvalue weighted by Gasteiger charge is -2.20. The van der Waals surface area contributed by atoms with Crippen LogP contribution in [0.15, 0.2) is 24.3 Å². The molecule has 1 fully saturated rings. The smallest absolute Gasteiger partial charge is 0.176 e. The quantitative estimate of drug-likeness (QED) is 0.695. The number of hydrogen-bond donors (Lipinski definition) is 0. The molecule has 98 valence electrons. The Bertz CT molecular complexity index is 401. The van der Waals surface area contributed by atoms with Crippen molar-refractivity contribution in [3.63, 3.8) is 0 Å². The molecule has 0 heterocycles. The van der Waals surface area contributed by atoms with Gasteiger partial charge in [-0.25, -0.2) is 4.39 Å². The Balaban J connectivity index is 1.93. The summed E-state index contributed by atoms with van der Waals surface area (Å²) in [5.74, 6) is -0.275. The highest BCUT2D eigenvalue weighted by Gasteiger charge is 2.30. The number of carbonyl (C=O) groups is 1. The molecule has 0 bridgehead atoms. The van der Waals surface area contributed by atoms with Crippen molar-refractivity contribution in [1.29, 1.82) is 0 Å². The third-order valence-corrected chi connectivity index (χ3v) is 3.16. The summed E-state index contributed by atoms with van der Waals surface area (Å²) >= 11 is 0. The van der Waals surface area contributed by atoms with Gasteiger partial charge < -0.3 is 4.74 Å². The van der Waals surface area contributed by atoms with Crippen molar-refractivity contribution < 1.29 is 13.9 Å². The molecular weight excluding hydrogens is 233 g/mol. The molecule has 1 saturated carbocycles. The maximum absolute atomic E-state index is 12.8. The van der Waals surface area contributed by atoms with Gasteiger partial charge in [0.1, 0.15) is 5.82 Å². The Morgan fingerprint density at radius 3 is 2.61 bits per heavy atom. The molecule has 2 rings (SSSR count). The molecule has 0 saturated heterocycles. The summed E-state index contributed by atoms with van der Waals surface area (Å²) in [6.45, 7) is 1.79. The number of halogens is 1. The third-order valence-electron chi connectivity index (χ3n) is 3.16. The number of methoxy groups -OCH3 is 1. The van der Waals surface area contributed by atoms with Crippen molar-refractivity contribution in [2.24, 2.45) is 0 Å². The number of nitrogens with zero attached hydrogens (tertiary/aromatic N) is 1. The van der Waals surface area contributed by atoms with E-state index in [1.165, 1.54) is 12.1 Å². The summed E-state index contributed by atoms with van der Waals surface area (Å²) in [5.41, 5.74) is 0.569. The summed E-state index contributed by atoms with van der Waals surface area (Å²) in [5, 5.41) is 0. The van der Waals surface area contributed by atoms with Crippen LogP contribution in [0, 0.1) is 5.82 Å². The molecule has 1 aliphatic carbocycles. The van der Waals surface area contributed by atoms with Crippen LogP contribution in [0.2, 0.25) is 0 Å². The van der Waals surface area contributed by atoms with Crippen molar-refractivity contribution in [3.8, 4) is 0 Å². The van der Waals surface area contributed by atoms with E-state index < -0.39 is 0 Å². The van der Waals surface area contributed by atoms with Crippen LogP contribution in [0.3, 0.4) is 0 Å². The highest BCUT2D eigenvalue weighted by Crippen LogP contribution is 2.26. The van der Waals surface area contributed by atoms with Crippen molar-refractivity contribution in [2.75, 3.05) is 26.8 Å². The zero-order valence-electron chi connectivity index (χ0n) is 10.6. The Morgan fingerprint density at radius 2 is 2.06 bits per heavy atom. The second-order valence-electron chi connectivity index (χ2n) is 4.62.